The highest BCUT2D eigenvalue weighted by Gasteiger charge is 2.17. The number of esters is 1. The third-order valence-electron chi connectivity index (χ3n) is 2.15. The van der Waals surface area contributed by atoms with Crippen LogP contribution >= 0.6 is 11.8 Å². The molecule has 0 aliphatic rings. The molecule has 0 bridgehead atoms. The fourth-order valence-corrected chi connectivity index (χ4v) is 1.97. The molecule has 1 aromatic heterocycles. The number of ether oxygens (including phenoxy) is 1. The van der Waals surface area contributed by atoms with Crippen LogP contribution in [-0.2, 0) is 4.74 Å². The van der Waals surface area contributed by atoms with E-state index in [-0.39, 0.29) is 5.25 Å². The molecule has 5 heteroatoms. The van der Waals surface area contributed by atoms with Crippen molar-refractivity contribution in [1.29, 1.82) is 0 Å². The van der Waals surface area contributed by atoms with Crippen LogP contribution in [0.5, 0.6) is 0 Å². The molecule has 1 aromatic rings. The zero-order chi connectivity index (χ0) is 12.1. The van der Waals surface area contributed by atoms with Gasteiger partial charge in [0.25, 0.3) is 0 Å². The Bertz CT molecular complexity index is 368. The lowest BCUT2D eigenvalue weighted by Crippen LogP contribution is -2.16. The molecule has 88 valence electrons. The van der Waals surface area contributed by atoms with Gasteiger partial charge in [-0.3, -0.25) is 0 Å². The summed E-state index contributed by atoms with van der Waals surface area (Å²) in [5.74, 6) is -0.409. The van der Waals surface area contributed by atoms with Gasteiger partial charge in [-0.2, -0.15) is 0 Å². The molecule has 0 saturated carbocycles. The van der Waals surface area contributed by atoms with Crippen molar-refractivity contribution in [3.8, 4) is 0 Å². The fourth-order valence-electron chi connectivity index (χ4n) is 1.02. The van der Waals surface area contributed by atoms with Gasteiger partial charge in [-0.1, -0.05) is 18.7 Å². The maximum absolute atomic E-state index is 11.4. The van der Waals surface area contributed by atoms with Crippen LogP contribution in [0.3, 0.4) is 0 Å². The quantitative estimate of drug-likeness (QED) is 0.642. The van der Waals surface area contributed by atoms with Gasteiger partial charge in [-0.15, -0.1) is 0 Å². The van der Waals surface area contributed by atoms with E-state index >= 15 is 0 Å². The predicted molar refractivity (Wildman–Crippen MR) is 62.6 cm³/mol. The number of methoxy groups -OCH3 is 1. The number of aliphatic hydroxyl groups excluding tert-OH is 1. The van der Waals surface area contributed by atoms with Gasteiger partial charge in [0.15, 0.2) is 0 Å². The number of aliphatic hydroxyl groups is 1. The van der Waals surface area contributed by atoms with E-state index in [4.69, 9.17) is 0 Å². The standard InChI is InChI=1S/C11H15NO3S/c1-7(13)8(2)16-10-9(11(14)15-3)5-4-6-12-10/h4-8,13H,1-3H3. The number of nitrogens with zero attached hydrogens (tertiary/aromatic N) is 1. The summed E-state index contributed by atoms with van der Waals surface area (Å²) in [6, 6.07) is 3.35. The zero-order valence-corrected chi connectivity index (χ0v) is 10.3. The molecule has 0 saturated heterocycles. The second-order valence-electron chi connectivity index (χ2n) is 3.41. The lowest BCUT2D eigenvalue weighted by Gasteiger charge is -2.14. The van der Waals surface area contributed by atoms with Gasteiger partial charge in [0.1, 0.15) is 5.03 Å². The van der Waals surface area contributed by atoms with E-state index in [0.29, 0.717) is 10.6 Å². The highest BCUT2D eigenvalue weighted by molar-refractivity contribution is 8.00. The molecule has 1 N–H and O–H groups in total. The van der Waals surface area contributed by atoms with Crippen molar-refractivity contribution >= 4 is 17.7 Å². The molecule has 2 atom stereocenters. The summed E-state index contributed by atoms with van der Waals surface area (Å²) in [4.78, 5) is 15.6. The number of carbonyl (C=O) groups is 1. The number of rotatable bonds is 4. The van der Waals surface area contributed by atoms with Crippen molar-refractivity contribution in [2.24, 2.45) is 0 Å². The van der Waals surface area contributed by atoms with Gasteiger partial charge in [0.05, 0.1) is 18.8 Å². The van der Waals surface area contributed by atoms with Crippen molar-refractivity contribution in [2.75, 3.05) is 7.11 Å². The summed E-state index contributed by atoms with van der Waals surface area (Å²) >= 11 is 1.36. The van der Waals surface area contributed by atoms with E-state index in [2.05, 4.69) is 9.72 Å². The molecule has 0 aliphatic carbocycles. The Morgan fingerprint density at radius 2 is 2.25 bits per heavy atom. The van der Waals surface area contributed by atoms with Crippen LogP contribution in [0.25, 0.3) is 0 Å². The van der Waals surface area contributed by atoms with E-state index < -0.39 is 12.1 Å². The summed E-state index contributed by atoms with van der Waals surface area (Å²) in [6.45, 7) is 3.59. The smallest absolute Gasteiger partial charge is 0.340 e. The predicted octanol–water partition coefficient (Wildman–Crippen LogP) is 1.73. The summed E-state index contributed by atoms with van der Waals surface area (Å²) in [5.41, 5.74) is 0.433. The Morgan fingerprint density at radius 3 is 2.81 bits per heavy atom. The number of pyridine rings is 1. The van der Waals surface area contributed by atoms with Crippen LogP contribution in [-0.4, -0.2) is 34.5 Å². The highest BCUT2D eigenvalue weighted by atomic mass is 32.2. The Labute approximate surface area is 99.0 Å². The fraction of sp³-hybridized carbons (Fsp3) is 0.455. The maximum Gasteiger partial charge on any atom is 0.340 e. The van der Waals surface area contributed by atoms with E-state index in [1.54, 1.807) is 25.3 Å². The Balaban J connectivity index is 2.91. The summed E-state index contributed by atoms with van der Waals surface area (Å²) in [5, 5.41) is 9.96. The molecule has 1 rings (SSSR count). The van der Waals surface area contributed by atoms with Gasteiger partial charge >= 0.3 is 5.97 Å². The zero-order valence-electron chi connectivity index (χ0n) is 9.51. The number of hydrogen-bond acceptors (Lipinski definition) is 5. The third-order valence-corrected chi connectivity index (χ3v) is 3.47. The lowest BCUT2D eigenvalue weighted by atomic mass is 10.3. The molecule has 4 nitrogen and oxygen atoms in total. The van der Waals surface area contributed by atoms with Gasteiger partial charge in [0, 0.05) is 11.4 Å². The highest BCUT2D eigenvalue weighted by Crippen LogP contribution is 2.26. The first-order valence-electron chi connectivity index (χ1n) is 4.94. The lowest BCUT2D eigenvalue weighted by molar-refractivity contribution is 0.0595. The van der Waals surface area contributed by atoms with E-state index in [0.717, 1.165) is 0 Å². The largest absolute Gasteiger partial charge is 0.465 e. The molecule has 0 aromatic carbocycles. The number of carbonyl (C=O) groups excluding carboxylic acids is 1. The van der Waals surface area contributed by atoms with Crippen LogP contribution in [0.2, 0.25) is 0 Å². The Hall–Kier alpha value is -1.07. The Kier molecular flexibility index (Phi) is 4.76. The van der Waals surface area contributed by atoms with Crippen molar-refractivity contribution in [2.45, 2.75) is 30.2 Å². The van der Waals surface area contributed by atoms with Crippen LogP contribution in [0.1, 0.15) is 24.2 Å². The van der Waals surface area contributed by atoms with E-state index in [9.17, 15) is 9.90 Å². The van der Waals surface area contributed by atoms with Crippen molar-refractivity contribution < 1.29 is 14.6 Å². The summed E-state index contributed by atoms with van der Waals surface area (Å²) < 4.78 is 4.66. The molecule has 0 aliphatic heterocycles. The van der Waals surface area contributed by atoms with Gasteiger partial charge < -0.3 is 9.84 Å². The first-order valence-corrected chi connectivity index (χ1v) is 5.82. The summed E-state index contributed by atoms with van der Waals surface area (Å²) in [6.07, 6.45) is 1.15. The van der Waals surface area contributed by atoms with Crippen LogP contribution < -0.4 is 0 Å². The third kappa shape index (κ3) is 3.21. The normalized spacial score (nSPS) is 14.2. The first kappa shape index (κ1) is 13.0. The van der Waals surface area contributed by atoms with Crippen molar-refractivity contribution in [1.82, 2.24) is 4.98 Å². The summed E-state index contributed by atoms with van der Waals surface area (Å²) in [7, 11) is 1.34. The van der Waals surface area contributed by atoms with E-state index in [1.807, 2.05) is 6.92 Å². The van der Waals surface area contributed by atoms with Crippen molar-refractivity contribution in [3.63, 3.8) is 0 Å². The monoisotopic (exact) mass is 241 g/mol. The molecule has 0 spiro atoms. The van der Waals surface area contributed by atoms with E-state index in [1.165, 1.54) is 18.9 Å². The minimum atomic E-state index is -0.461. The minimum absolute atomic E-state index is 0.0293. The number of hydrogen-bond donors (Lipinski definition) is 1. The second kappa shape index (κ2) is 5.86. The molecular weight excluding hydrogens is 226 g/mol. The molecule has 2 unspecified atom stereocenters. The topological polar surface area (TPSA) is 59.4 Å². The number of thioether (sulfide) groups is 1. The molecular formula is C11H15NO3S. The molecule has 0 amide bonds. The first-order chi connectivity index (χ1) is 7.56. The number of aromatic nitrogens is 1. The van der Waals surface area contributed by atoms with Gasteiger partial charge in [0.2, 0.25) is 0 Å². The second-order valence-corrected chi connectivity index (χ2v) is 4.78. The van der Waals surface area contributed by atoms with Gasteiger partial charge in [-0.05, 0) is 19.1 Å². The Morgan fingerprint density at radius 1 is 1.56 bits per heavy atom. The minimum Gasteiger partial charge on any atom is -0.465 e. The van der Waals surface area contributed by atoms with Crippen LogP contribution in [0, 0.1) is 0 Å². The van der Waals surface area contributed by atoms with Crippen LogP contribution in [0.15, 0.2) is 23.4 Å². The average molecular weight is 241 g/mol. The molecule has 0 radical (unpaired) electrons. The van der Waals surface area contributed by atoms with Crippen LogP contribution in [0.4, 0.5) is 0 Å². The molecule has 0 fully saturated rings. The van der Waals surface area contributed by atoms with Crippen molar-refractivity contribution in [3.05, 3.63) is 23.9 Å². The SMILES string of the molecule is COC(=O)c1cccnc1SC(C)C(C)O. The average Bonchev–Trinajstić information content (AvgIpc) is 2.28. The molecule has 16 heavy (non-hydrogen) atoms. The van der Waals surface area contributed by atoms with Gasteiger partial charge in [-0.25, -0.2) is 9.78 Å². The molecule has 1 heterocycles. The maximum atomic E-state index is 11.4.